The second-order valence-electron chi connectivity index (χ2n) is 17.2. The molecule has 1 nitrogen and oxygen atoms in total. The van der Waals surface area contributed by atoms with Gasteiger partial charge in [-0.25, -0.2) is 0 Å². The molecular weight excluding hydrogens is 807 g/mol. The summed E-state index contributed by atoms with van der Waals surface area (Å²) in [7, 11) is 0. The van der Waals surface area contributed by atoms with E-state index in [0.717, 1.165) is 17.1 Å². The SMILES string of the molecule is c1ccc(-c2cccc(-c3ccc(N(c4ccc(-c5ccccc5-c5cccc6ccccc56)cc4)c4cccc(-c5c(-c6ccccc6)c6ccccc6c6ccccc56)c4)cc3)c2)cc1. The number of benzene rings is 12. The summed E-state index contributed by atoms with van der Waals surface area (Å²) in [6.07, 6.45) is 0. The maximum atomic E-state index is 2.40. The smallest absolute Gasteiger partial charge is 0.0467 e. The minimum Gasteiger partial charge on any atom is -0.310 e. The fraction of sp³-hybridized carbons (Fsp3) is 0. The zero-order valence-corrected chi connectivity index (χ0v) is 36.9. The summed E-state index contributed by atoms with van der Waals surface area (Å²) in [6.45, 7) is 0. The van der Waals surface area contributed by atoms with Crippen LogP contribution in [0.4, 0.5) is 17.1 Å². The van der Waals surface area contributed by atoms with Gasteiger partial charge in [-0.2, -0.15) is 0 Å². The lowest BCUT2D eigenvalue weighted by Crippen LogP contribution is -2.10. The van der Waals surface area contributed by atoms with E-state index < -0.39 is 0 Å². The molecule has 0 amide bonds. The molecule has 0 fully saturated rings. The molecule has 0 N–H and O–H groups in total. The van der Waals surface area contributed by atoms with Crippen LogP contribution in [0.2, 0.25) is 0 Å². The molecule has 0 radical (unpaired) electrons. The lowest BCUT2D eigenvalue weighted by molar-refractivity contribution is 1.28. The molecule has 0 saturated heterocycles. The zero-order chi connectivity index (χ0) is 44.5. The van der Waals surface area contributed by atoms with Crippen molar-refractivity contribution in [2.45, 2.75) is 0 Å². The minimum atomic E-state index is 1.08. The lowest BCUT2D eigenvalue weighted by Gasteiger charge is -2.27. The third kappa shape index (κ3) is 7.43. The topological polar surface area (TPSA) is 3.24 Å². The summed E-state index contributed by atoms with van der Waals surface area (Å²) >= 11 is 0. The Morgan fingerprint density at radius 2 is 0.612 bits per heavy atom. The van der Waals surface area contributed by atoms with Crippen LogP contribution in [0.25, 0.3) is 99.1 Å². The Morgan fingerprint density at radius 1 is 0.194 bits per heavy atom. The van der Waals surface area contributed by atoms with Crippen LogP contribution in [0, 0.1) is 0 Å². The van der Waals surface area contributed by atoms with Crippen molar-refractivity contribution in [3.8, 4) is 66.8 Å². The third-order valence-electron chi connectivity index (χ3n) is 13.3. The molecule has 0 aliphatic heterocycles. The summed E-state index contributed by atoms with van der Waals surface area (Å²) in [4.78, 5) is 2.40. The highest BCUT2D eigenvalue weighted by atomic mass is 15.1. The van der Waals surface area contributed by atoms with Crippen molar-refractivity contribution in [3.05, 3.63) is 273 Å². The van der Waals surface area contributed by atoms with Crippen LogP contribution in [0.1, 0.15) is 0 Å². The molecule has 0 aromatic heterocycles. The van der Waals surface area contributed by atoms with Gasteiger partial charge in [0.15, 0.2) is 0 Å². The molecule has 0 heterocycles. The van der Waals surface area contributed by atoms with Gasteiger partial charge in [0.2, 0.25) is 0 Å². The highest BCUT2D eigenvalue weighted by Crippen LogP contribution is 2.47. The molecular formula is C66H45N. The quantitative estimate of drug-likeness (QED) is 0.131. The van der Waals surface area contributed by atoms with Gasteiger partial charge in [0, 0.05) is 17.1 Å². The predicted molar refractivity (Wildman–Crippen MR) is 286 cm³/mol. The zero-order valence-electron chi connectivity index (χ0n) is 36.9. The van der Waals surface area contributed by atoms with Crippen molar-refractivity contribution in [2.24, 2.45) is 0 Å². The van der Waals surface area contributed by atoms with Crippen molar-refractivity contribution < 1.29 is 0 Å². The molecule has 314 valence electrons. The first kappa shape index (κ1) is 39.8. The highest BCUT2D eigenvalue weighted by Gasteiger charge is 2.20. The van der Waals surface area contributed by atoms with Crippen molar-refractivity contribution in [3.63, 3.8) is 0 Å². The first-order valence-electron chi connectivity index (χ1n) is 23.1. The van der Waals surface area contributed by atoms with Crippen LogP contribution in [0.5, 0.6) is 0 Å². The highest BCUT2D eigenvalue weighted by molar-refractivity contribution is 6.21. The molecule has 12 aromatic rings. The molecule has 12 aromatic carbocycles. The Bertz CT molecular complexity index is 3720. The first-order chi connectivity index (χ1) is 33.2. The van der Waals surface area contributed by atoms with Crippen molar-refractivity contribution in [1.29, 1.82) is 0 Å². The van der Waals surface area contributed by atoms with E-state index >= 15 is 0 Å². The molecule has 0 spiro atoms. The Labute approximate surface area is 392 Å². The Hall–Kier alpha value is -8.78. The van der Waals surface area contributed by atoms with E-state index in [1.54, 1.807) is 0 Å². The van der Waals surface area contributed by atoms with Crippen LogP contribution < -0.4 is 4.90 Å². The minimum absolute atomic E-state index is 1.08. The largest absolute Gasteiger partial charge is 0.310 e. The van der Waals surface area contributed by atoms with Gasteiger partial charge in [-0.05, 0) is 142 Å². The number of fused-ring (bicyclic) bond motifs is 4. The Balaban J connectivity index is 1.01. The van der Waals surface area contributed by atoms with Crippen LogP contribution >= 0.6 is 0 Å². The summed E-state index contributed by atoms with van der Waals surface area (Å²) in [5, 5.41) is 7.49. The second-order valence-corrected chi connectivity index (χ2v) is 17.2. The maximum Gasteiger partial charge on any atom is 0.0467 e. The molecule has 1 heteroatoms. The van der Waals surface area contributed by atoms with E-state index in [4.69, 9.17) is 0 Å². The van der Waals surface area contributed by atoms with E-state index in [9.17, 15) is 0 Å². The summed E-state index contributed by atoms with van der Waals surface area (Å²) in [6, 6.07) is 99.4. The van der Waals surface area contributed by atoms with Gasteiger partial charge in [-0.3, -0.25) is 0 Å². The lowest BCUT2D eigenvalue weighted by atomic mass is 9.85. The van der Waals surface area contributed by atoms with Gasteiger partial charge in [-0.1, -0.05) is 231 Å². The third-order valence-corrected chi connectivity index (χ3v) is 13.3. The number of hydrogen-bond donors (Lipinski definition) is 0. The number of nitrogens with zero attached hydrogens (tertiary/aromatic N) is 1. The van der Waals surface area contributed by atoms with E-state index in [0.29, 0.717) is 0 Å². The average molecular weight is 852 g/mol. The van der Waals surface area contributed by atoms with Gasteiger partial charge in [0.05, 0.1) is 0 Å². The van der Waals surface area contributed by atoms with Gasteiger partial charge >= 0.3 is 0 Å². The Kier molecular flexibility index (Phi) is 10.3. The van der Waals surface area contributed by atoms with Crippen molar-refractivity contribution >= 4 is 49.4 Å². The van der Waals surface area contributed by atoms with Crippen LogP contribution in [0.15, 0.2) is 273 Å². The van der Waals surface area contributed by atoms with E-state index in [1.807, 2.05) is 0 Å². The molecule has 0 saturated carbocycles. The fourth-order valence-electron chi connectivity index (χ4n) is 10.1. The van der Waals surface area contributed by atoms with Crippen LogP contribution in [0.3, 0.4) is 0 Å². The number of rotatable bonds is 9. The first-order valence-corrected chi connectivity index (χ1v) is 23.1. The molecule has 67 heavy (non-hydrogen) atoms. The van der Waals surface area contributed by atoms with Gasteiger partial charge < -0.3 is 4.90 Å². The normalized spacial score (nSPS) is 11.3. The summed E-state index contributed by atoms with van der Waals surface area (Å²) < 4.78 is 0. The van der Waals surface area contributed by atoms with Crippen LogP contribution in [-0.4, -0.2) is 0 Å². The molecule has 0 unspecified atom stereocenters. The van der Waals surface area contributed by atoms with E-state index in [1.165, 1.54) is 99.1 Å². The predicted octanol–water partition coefficient (Wildman–Crippen LogP) is 18.6. The molecule has 0 atom stereocenters. The van der Waals surface area contributed by atoms with E-state index in [-0.39, 0.29) is 0 Å². The van der Waals surface area contributed by atoms with Crippen LogP contribution in [-0.2, 0) is 0 Å². The molecule has 0 aliphatic carbocycles. The van der Waals surface area contributed by atoms with Gasteiger partial charge in [-0.15, -0.1) is 0 Å². The average Bonchev–Trinajstić information content (AvgIpc) is 3.41. The van der Waals surface area contributed by atoms with Gasteiger partial charge in [0.25, 0.3) is 0 Å². The molecule has 12 rings (SSSR count). The number of anilines is 3. The van der Waals surface area contributed by atoms with Crippen molar-refractivity contribution in [2.75, 3.05) is 4.90 Å². The fourth-order valence-corrected chi connectivity index (χ4v) is 10.1. The Morgan fingerprint density at radius 3 is 1.27 bits per heavy atom. The van der Waals surface area contributed by atoms with E-state index in [2.05, 4.69) is 278 Å². The maximum absolute atomic E-state index is 2.40. The summed E-state index contributed by atoms with van der Waals surface area (Å²) in [5.41, 5.74) is 17.7. The second kappa shape index (κ2) is 17.3. The molecule has 0 bridgehead atoms. The van der Waals surface area contributed by atoms with Crippen molar-refractivity contribution in [1.82, 2.24) is 0 Å². The molecule has 0 aliphatic rings. The van der Waals surface area contributed by atoms with Gasteiger partial charge in [0.1, 0.15) is 0 Å². The summed E-state index contributed by atoms with van der Waals surface area (Å²) in [5.74, 6) is 0. The standard InChI is InChI=1S/C66H45N/c1-3-18-46(19-4-1)51-24-15-25-52(44-51)47-36-40-54(41-37-47)67(55-42-38-49(39-43-55)58-29-9-10-30-59(58)60-35-17-23-48-20-7-8-28-57(48)60)56-27-16-26-53(45-56)66-64-34-14-12-32-62(64)61-31-11-13-33-63(61)65(66)50-21-5-2-6-22-50/h1-45H. The monoisotopic (exact) mass is 851 g/mol. The number of hydrogen-bond acceptors (Lipinski definition) is 1.